The second-order valence-electron chi connectivity index (χ2n) is 3.02. The molecule has 13 heavy (non-hydrogen) atoms. The van der Waals surface area contributed by atoms with E-state index >= 15 is 0 Å². The summed E-state index contributed by atoms with van der Waals surface area (Å²) >= 11 is 0. The highest BCUT2D eigenvalue weighted by molar-refractivity contribution is 5.27. The molecule has 1 aromatic carbocycles. The first kappa shape index (κ1) is 10.1. The van der Waals surface area contributed by atoms with E-state index in [2.05, 4.69) is 0 Å². The lowest BCUT2D eigenvalue weighted by Gasteiger charge is -2.14. The molecule has 0 bridgehead atoms. The fourth-order valence-electron chi connectivity index (χ4n) is 1.08. The van der Waals surface area contributed by atoms with Gasteiger partial charge in [0.05, 0.1) is 0 Å². The van der Waals surface area contributed by atoms with Gasteiger partial charge in [0.15, 0.2) is 0 Å². The Morgan fingerprint density at radius 1 is 1.31 bits per heavy atom. The van der Waals surface area contributed by atoms with Crippen LogP contribution < -0.4 is 0 Å². The van der Waals surface area contributed by atoms with E-state index in [0.717, 1.165) is 12.1 Å². The number of aryl methyl sites for hydroxylation is 1. The molecular weight excluding hydrogens is 177 g/mol. The van der Waals surface area contributed by atoms with Gasteiger partial charge in [0.25, 0.3) is 5.92 Å². The lowest BCUT2D eigenvalue weighted by molar-refractivity contribution is -0.00839. The van der Waals surface area contributed by atoms with E-state index in [1.807, 2.05) is 0 Å². The average Bonchev–Trinajstić information content (AvgIpc) is 2.09. The zero-order valence-corrected chi connectivity index (χ0v) is 7.57. The normalized spacial score (nSPS) is 11.8. The number of hydrogen-bond donors (Lipinski definition) is 0. The van der Waals surface area contributed by atoms with Gasteiger partial charge in [0, 0.05) is 12.0 Å². The molecule has 0 amide bonds. The molecule has 0 radical (unpaired) electrons. The Labute approximate surface area is 75.4 Å². The first-order valence-electron chi connectivity index (χ1n) is 4.12. The molecule has 0 atom stereocenters. The van der Waals surface area contributed by atoms with E-state index in [1.165, 1.54) is 19.9 Å². The van der Waals surface area contributed by atoms with E-state index in [0.29, 0.717) is 0 Å². The second kappa shape index (κ2) is 3.40. The molecule has 0 aliphatic heterocycles. The summed E-state index contributed by atoms with van der Waals surface area (Å²) in [5, 5.41) is 0. The Morgan fingerprint density at radius 3 is 2.38 bits per heavy atom. The van der Waals surface area contributed by atoms with Gasteiger partial charge in [-0.05, 0) is 24.6 Å². The molecule has 0 nitrogen and oxygen atoms in total. The predicted octanol–water partition coefficient (Wildman–Crippen LogP) is 3.64. The predicted molar refractivity (Wildman–Crippen MR) is 45.3 cm³/mol. The summed E-state index contributed by atoms with van der Waals surface area (Å²) in [7, 11) is 0. The maximum Gasteiger partial charge on any atom is 0.273 e. The third-order valence-corrected chi connectivity index (χ3v) is 2.02. The Balaban J connectivity index is 3.10. The van der Waals surface area contributed by atoms with Crippen molar-refractivity contribution >= 4 is 0 Å². The molecule has 0 fully saturated rings. The number of alkyl halides is 2. The zero-order valence-electron chi connectivity index (χ0n) is 7.57. The molecule has 0 N–H and O–H groups in total. The summed E-state index contributed by atoms with van der Waals surface area (Å²) in [5.74, 6) is -3.30. The van der Waals surface area contributed by atoms with Crippen molar-refractivity contribution in [3.05, 3.63) is 35.1 Å². The van der Waals surface area contributed by atoms with Crippen LogP contribution in [0.5, 0.6) is 0 Å². The van der Waals surface area contributed by atoms with Crippen LogP contribution >= 0.6 is 0 Å². The average molecular weight is 188 g/mol. The van der Waals surface area contributed by atoms with E-state index in [-0.39, 0.29) is 17.5 Å². The molecule has 0 aromatic heterocycles. The Morgan fingerprint density at radius 2 is 1.92 bits per heavy atom. The standard InChI is InChI=1S/C10H11F3/c1-3-10(12,13)8-4-5-9(11)7(2)6-8/h4-6H,3H2,1-2H3. The van der Waals surface area contributed by atoms with Crippen molar-refractivity contribution in [2.24, 2.45) is 0 Å². The van der Waals surface area contributed by atoms with Gasteiger partial charge in [-0.15, -0.1) is 0 Å². The van der Waals surface area contributed by atoms with Crippen LogP contribution in [-0.4, -0.2) is 0 Å². The van der Waals surface area contributed by atoms with Crippen LogP contribution in [0.15, 0.2) is 18.2 Å². The Bertz CT molecular complexity index is 305. The fourth-order valence-corrected chi connectivity index (χ4v) is 1.08. The summed E-state index contributed by atoms with van der Waals surface area (Å²) in [4.78, 5) is 0. The fraction of sp³-hybridized carbons (Fsp3) is 0.400. The topological polar surface area (TPSA) is 0 Å². The van der Waals surface area contributed by atoms with Crippen LogP contribution in [0.3, 0.4) is 0 Å². The van der Waals surface area contributed by atoms with Crippen molar-refractivity contribution in [3.8, 4) is 0 Å². The van der Waals surface area contributed by atoms with Crippen LogP contribution in [0.4, 0.5) is 13.2 Å². The minimum Gasteiger partial charge on any atom is -0.207 e. The number of benzene rings is 1. The van der Waals surface area contributed by atoms with Crippen LogP contribution in [0, 0.1) is 12.7 Å². The van der Waals surface area contributed by atoms with Crippen molar-refractivity contribution in [1.29, 1.82) is 0 Å². The van der Waals surface area contributed by atoms with Gasteiger partial charge in [-0.2, -0.15) is 0 Å². The molecule has 72 valence electrons. The summed E-state index contributed by atoms with van der Waals surface area (Å²) in [6.45, 7) is 2.88. The highest BCUT2D eigenvalue weighted by Crippen LogP contribution is 2.31. The third-order valence-electron chi connectivity index (χ3n) is 2.02. The van der Waals surface area contributed by atoms with E-state index in [9.17, 15) is 13.2 Å². The van der Waals surface area contributed by atoms with Gasteiger partial charge in [-0.3, -0.25) is 0 Å². The van der Waals surface area contributed by atoms with Crippen molar-refractivity contribution < 1.29 is 13.2 Å². The van der Waals surface area contributed by atoms with E-state index in [1.54, 1.807) is 0 Å². The highest BCUT2D eigenvalue weighted by Gasteiger charge is 2.28. The van der Waals surface area contributed by atoms with Crippen LogP contribution in [0.1, 0.15) is 24.5 Å². The van der Waals surface area contributed by atoms with Crippen LogP contribution in [0.25, 0.3) is 0 Å². The largest absolute Gasteiger partial charge is 0.273 e. The summed E-state index contributed by atoms with van der Waals surface area (Å²) in [6, 6.07) is 3.40. The van der Waals surface area contributed by atoms with Gasteiger partial charge in [-0.25, -0.2) is 13.2 Å². The van der Waals surface area contributed by atoms with Crippen LogP contribution in [-0.2, 0) is 5.92 Å². The maximum absolute atomic E-state index is 13.1. The van der Waals surface area contributed by atoms with Crippen molar-refractivity contribution in [2.75, 3.05) is 0 Å². The quantitative estimate of drug-likeness (QED) is 0.664. The zero-order chi connectivity index (χ0) is 10.1. The smallest absolute Gasteiger partial charge is 0.207 e. The van der Waals surface area contributed by atoms with Crippen molar-refractivity contribution in [3.63, 3.8) is 0 Å². The number of hydrogen-bond acceptors (Lipinski definition) is 0. The Hall–Kier alpha value is -0.990. The lowest BCUT2D eigenvalue weighted by Crippen LogP contribution is -2.11. The first-order chi connectivity index (χ1) is 5.97. The number of rotatable bonds is 2. The second-order valence-corrected chi connectivity index (χ2v) is 3.02. The summed E-state index contributed by atoms with van der Waals surface area (Å²) in [5.41, 5.74) is 0.138. The summed E-state index contributed by atoms with van der Waals surface area (Å²) < 4.78 is 38.9. The number of halogens is 3. The van der Waals surface area contributed by atoms with E-state index in [4.69, 9.17) is 0 Å². The monoisotopic (exact) mass is 188 g/mol. The minimum atomic E-state index is -2.85. The van der Waals surface area contributed by atoms with E-state index < -0.39 is 11.7 Å². The van der Waals surface area contributed by atoms with Gasteiger partial charge in [0.1, 0.15) is 5.82 Å². The first-order valence-corrected chi connectivity index (χ1v) is 4.12. The molecule has 1 rings (SSSR count). The molecule has 0 saturated carbocycles. The maximum atomic E-state index is 13.1. The van der Waals surface area contributed by atoms with Gasteiger partial charge >= 0.3 is 0 Å². The molecule has 0 spiro atoms. The van der Waals surface area contributed by atoms with Crippen molar-refractivity contribution in [2.45, 2.75) is 26.2 Å². The lowest BCUT2D eigenvalue weighted by atomic mass is 10.0. The molecule has 0 saturated heterocycles. The Kier molecular flexibility index (Phi) is 2.64. The molecule has 0 aliphatic carbocycles. The van der Waals surface area contributed by atoms with Gasteiger partial charge in [0.2, 0.25) is 0 Å². The summed E-state index contributed by atoms with van der Waals surface area (Å²) in [6.07, 6.45) is -0.266. The third kappa shape index (κ3) is 2.02. The molecule has 0 unspecified atom stereocenters. The van der Waals surface area contributed by atoms with Crippen molar-refractivity contribution in [1.82, 2.24) is 0 Å². The molecule has 1 aromatic rings. The molecule has 0 aliphatic rings. The molecular formula is C10H11F3. The molecule has 3 heteroatoms. The van der Waals surface area contributed by atoms with Gasteiger partial charge in [-0.1, -0.05) is 13.0 Å². The minimum absolute atomic E-state index is 0.117. The van der Waals surface area contributed by atoms with Crippen LogP contribution in [0.2, 0.25) is 0 Å². The highest BCUT2D eigenvalue weighted by atomic mass is 19.3. The molecule has 0 heterocycles. The SMILES string of the molecule is CCC(F)(F)c1ccc(F)c(C)c1. The van der Waals surface area contributed by atoms with Gasteiger partial charge < -0.3 is 0 Å².